The van der Waals surface area contributed by atoms with Crippen LogP contribution in [0.4, 0.5) is 0 Å². The van der Waals surface area contributed by atoms with Gasteiger partial charge in [-0.25, -0.2) is 4.99 Å². The number of guanidine groups is 1. The highest BCUT2D eigenvalue weighted by molar-refractivity contribution is 14.0. The molecule has 0 aliphatic carbocycles. The molecule has 0 bridgehead atoms. The predicted molar refractivity (Wildman–Crippen MR) is 114 cm³/mol. The molecule has 1 aliphatic rings. The van der Waals surface area contributed by atoms with Crippen molar-refractivity contribution in [1.29, 1.82) is 0 Å². The van der Waals surface area contributed by atoms with Crippen LogP contribution in [0.1, 0.15) is 25.5 Å². The minimum Gasteiger partial charge on any atom is -0.357 e. The van der Waals surface area contributed by atoms with Crippen LogP contribution in [0.5, 0.6) is 0 Å². The lowest BCUT2D eigenvalue weighted by Crippen LogP contribution is -2.43. The molecule has 0 amide bonds. The third-order valence-corrected chi connectivity index (χ3v) is 5.08. The van der Waals surface area contributed by atoms with Crippen LogP contribution >= 0.6 is 47.2 Å². The topological polar surface area (TPSA) is 44.6 Å². The zero-order valence-electron chi connectivity index (χ0n) is 14.6. The fourth-order valence-electron chi connectivity index (χ4n) is 2.92. The molecule has 2 heterocycles. The molecule has 2 rings (SSSR count). The maximum absolute atomic E-state index is 6.10. The molecule has 24 heavy (non-hydrogen) atoms. The molecule has 1 aromatic rings. The molecule has 5 nitrogen and oxygen atoms in total. The normalized spacial score (nSPS) is 19.0. The molecule has 1 fully saturated rings. The van der Waals surface area contributed by atoms with Crippen molar-refractivity contribution in [1.82, 2.24) is 20.1 Å². The third kappa shape index (κ3) is 6.28. The van der Waals surface area contributed by atoms with Gasteiger partial charge in [-0.15, -0.1) is 24.0 Å². The van der Waals surface area contributed by atoms with E-state index >= 15 is 0 Å². The van der Waals surface area contributed by atoms with Crippen molar-refractivity contribution in [3.63, 3.8) is 0 Å². The molecule has 1 atom stereocenters. The Hall–Kier alpha value is -0.180. The minimum absolute atomic E-state index is 0. The van der Waals surface area contributed by atoms with E-state index in [9.17, 15) is 0 Å². The highest BCUT2D eigenvalue weighted by Gasteiger charge is 2.17. The second-order valence-corrected chi connectivity index (χ2v) is 6.95. The van der Waals surface area contributed by atoms with Gasteiger partial charge >= 0.3 is 0 Å². The lowest BCUT2D eigenvalue weighted by Gasteiger charge is -2.30. The quantitative estimate of drug-likeness (QED) is 0.380. The van der Waals surface area contributed by atoms with Gasteiger partial charge in [-0.3, -0.25) is 0 Å². The van der Waals surface area contributed by atoms with Gasteiger partial charge in [-0.05, 0) is 45.3 Å². The smallest absolute Gasteiger partial charge is 0.191 e. The molecule has 1 saturated heterocycles. The summed E-state index contributed by atoms with van der Waals surface area (Å²) < 4.78 is 1.87. The summed E-state index contributed by atoms with van der Waals surface area (Å²) >= 11 is 12.1. The third-order valence-electron chi connectivity index (χ3n) is 4.24. The Bertz CT molecular complexity index is 547. The number of halogens is 3. The number of nitrogens with zero attached hydrogens (tertiary/aromatic N) is 3. The summed E-state index contributed by atoms with van der Waals surface area (Å²) in [6, 6.07) is 1.87. The number of likely N-dealkylation sites (tertiary alicyclic amines) is 1. The SMILES string of the molecule is CCNC(=NCc1cc(Cl)c(Cl)n1C)NCC1CCCN(C)C1.I. The van der Waals surface area contributed by atoms with Crippen LogP contribution < -0.4 is 10.6 Å². The van der Waals surface area contributed by atoms with Crippen LogP contribution in [0.25, 0.3) is 0 Å². The molecule has 0 spiro atoms. The first-order valence-corrected chi connectivity index (χ1v) is 8.97. The van der Waals surface area contributed by atoms with Gasteiger partial charge in [-0.2, -0.15) is 0 Å². The molecule has 0 radical (unpaired) electrons. The average molecular weight is 488 g/mol. The first kappa shape index (κ1) is 21.9. The average Bonchev–Trinajstić information content (AvgIpc) is 2.77. The van der Waals surface area contributed by atoms with Gasteiger partial charge < -0.3 is 20.1 Å². The van der Waals surface area contributed by atoms with E-state index in [1.165, 1.54) is 19.4 Å². The monoisotopic (exact) mass is 487 g/mol. The number of hydrogen-bond donors (Lipinski definition) is 2. The van der Waals surface area contributed by atoms with Gasteiger partial charge in [0.1, 0.15) is 5.15 Å². The summed E-state index contributed by atoms with van der Waals surface area (Å²) in [5.74, 6) is 1.52. The molecular formula is C16H28Cl2IN5. The first-order valence-electron chi connectivity index (χ1n) is 8.21. The first-order chi connectivity index (χ1) is 11.0. The van der Waals surface area contributed by atoms with E-state index in [1.54, 1.807) is 0 Å². The summed E-state index contributed by atoms with van der Waals surface area (Å²) in [4.78, 5) is 7.04. The maximum Gasteiger partial charge on any atom is 0.191 e. The molecule has 8 heteroatoms. The molecule has 0 saturated carbocycles. The summed E-state index contributed by atoms with van der Waals surface area (Å²) in [5.41, 5.74) is 0.995. The molecule has 2 N–H and O–H groups in total. The van der Waals surface area contributed by atoms with E-state index in [4.69, 9.17) is 23.2 Å². The van der Waals surface area contributed by atoms with Gasteiger partial charge in [-0.1, -0.05) is 23.2 Å². The van der Waals surface area contributed by atoms with Crippen LogP contribution in [-0.4, -0.2) is 48.7 Å². The molecule has 1 aliphatic heterocycles. The fraction of sp³-hybridized carbons (Fsp3) is 0.688. The van der Waals surface area contributed by atoms with Crippen LogP contribution in [0.15, 0.2) is 11.1 Å². The van der Waals surface area contributed by atoms with E-state index < -0.39 is 0 Å². The van der Waals surface area contributed by atoms with Crippen LogP contribution in [0, 0.1) is 5.92 Å². The Morgan fingerprint density at radius 2 is 2.08 bits per heavy atom. The van der Waals surface area contributed by atoms with E-state index in [1.807, 2.05) is 17.7 Å². The number of aliphatic imine (C=N–C) groups is 1. The summed E-state index contributed by atoms with van der Waals surface area (Å²) in [7, 11) is 4.09. The van der Waals surface area contributed by atoms with Crippen LogP contribution in [0.2, 0.25) is 10.2 Å². The maximum atomic E-state index is 6.10. The summed E-state index contributed by atoms with van der Waals surface area (Å²) in [6.45, 7) is 6.76. The summed E-state index contributed by atoms with van der Waals surface area (Å²) in [5, 5.41) is 7.88. The Kier molecular flexibility index (Phi) is 9.77. The van der Waals surface area contributed by atoms with Crippen molar-refractivity contribution < 1.29 is 0 Å². The Labute approximate surface area is 172 Å². The molecule has 1 unspecified atom stereocenters. The van der Waals surface area contributed by atoms with Gasteiger partial charge in [0, 0.05) is 32.4 Å². The zero-order valence-corrected chi connectivity index (χ0v) is 18.5. The second-order valence-electron chi connectivity index (χ2n) is 6.18. The van der Waals surface area contributed by atoms with Crippen LogP contribution in [0.3, 0.4) is 0 Å². The number of rotatable bonds is 5. The number of hydrogen-bond acceptors (Lipinski definition) is 2. The number of piperidine rings is 1. The predicted octanol–water partition coefficient (Wildman–Crippen LogP) is 3.35. The lowest BCUT2D eigenvalue weighted by molar-refractivity contribution is 0.210. The highest BCUT2D eigenvalue weighted by atomic mass is 127. The van der Waals surface area contributed by atoms with Crippen molar-refractivity contribution in [2.45, 2.75) is 26.3 Å². The largest absolute Gasteiger partial charge is 0.357 e. The fourth-order valence-corrected chi connectivity index (χ4v) is 3.34. The van der Waals surface area contributed by atoms with Crippen molar-refractivity contribution in [3.8, 4) is 0 Å². The number of aromatic nitrogens is 1. The Balaban J connectivity index is 0.00000288. The molecule has 1 aromatic heterocycles. The number of nitrogens with one attached hydrogen (secondary N) is 2. The molecule has 138 valence electrons. The standard InChI is InChI=1S/C16H27Cl2N5.HI/c1-4-19-16(20-9-12-6-5-7-22(2)11-12)21-10-13-8-14(17)15(18)23(13)3;/h8,12H,4-7,9-11H2,1-3H3,(H2,19,20,21);1H. The van der Waals surface area contributed by atoms with E-state index in [-0.39, 0.29) is 24.0 Å². The Morgan fingerprint density at radius 1 is 1.33 bits per heavy atom. The van der Waals surface area contributed by atoms with Gasteiger partial charge in [0.15, 0.2) is 5.96 Å². The van der Waals surface area contributed by atoms with E-state index in [2.05, 4.69) is 34.5 Å². The van der Waals surface area contributed by atoms with Crippen molar-refractivity contribution in [2.75, 3.05) is 33.2 Å². The van der Waals surface area contributed by atoms with Crippen molar-refractivity contribution in [3.05, 3.63) is 21.9 Å². The van der Waals surface area contributed by atoms with Gasteiger partial charge in [0.2, 0.25) is 0 Å². The minimum atomic E-state index is 0. The lowest BCUT2D eigenvalue weighted by atomic mass is 9.99. The Morgan fingerprint density at radius 3 is 2.67 bits per heavy atom. The zero-order chi connectivity index (χ0) is 16.8. The second kappa shape index (κ2) is 10.7. The highest BCUT2D eigenvalue weighted by Crippen LogP contribution is 2.25. The van der Waals surface area contributed by atoms with Crippen molar-refractivity contribution >= 4 is 53.1 Å². The molecular weight excluding hydrogens is 460 g/mol. The van der Waals surface area contributed by atoms with Gasteiger partial charge in [0.25, 0.3) is 0 Å². The van der Waals surface area contributed by atoms with E-state index in [0.29, 0.717) is 22.6 Å². The van der Waals surface area contributed by atoms with Gasteiger partial charge in [0.05, 0.1) is 11.6 Å². The van der Waals surface area contributed by atoms with Crippen LogP contribution in [-0.2, 0) is 13.6 Å². The summed E-state index contributed by atoms with van der Waals surface area (Å²) in [6.07, 6.45) is 2.55. The van der Waals surface area contributed by atoms with Crippen molar-refractivity contribution in [2.24, 2.45) is 18.0 Å². The molecule has 0 aromatic carbocycles. The van der Waals surface area contributed by atoms with E-state index in [0.717, 1.165) is 31.3 Å².